The van der Waals surface area contributed by atoms with Crippen LogP contribution in [0.2, 0.25) is 0 Å². The standard InChI is InChI=1S/C18H19NO4/c1-2-23-16-11-7-6-10-15(16)19-17(20)12-14(18(21)22)13-8-4-3-5-9-13/h3-11,14H,2,12H2,1H3,(H,19,20)(H,21,22)/t14-/m1/s1. The van der Waals surface area contributed by atoms with Crippen molar-refractivity contribution in [3.05, 3.63) is 60.2 Å². The molecule has 2 aromatic rings. The van der Waals surface area contributed by atoms with Gasteiger partial charge >= 0.3 is 5.97 Å². The topological polar surface area (TPSA) is 75.6 Å². The van der Waals surface area contributed by atoms with Crippen molar-refractivity contribution in [2.45, 2.75) is 19.3 Å². The number of nitrogens with one attached hydrogen (secondary N) is 1. The fraction of sp³-hybridized carbons (Fsp3) is 0.222. The molecule has 0 fully saturated rings. The largest absolute Gasteiger partial charge is 0.492 e. The van der Waals surface area contributed by atoms with E-state index in [1.54, 1.807) is 48.5 Å². The first-order chi connectivity index (χ1) is 11.1. The third-order valence-electron chi connectivity index (χ3n) is 3.35. The lowest BCUT2D eigenvalue weighted by Crippen LogP contribution is -2.21. The molecule has 0 radical (unpaired) electrons. The highest BCUT2D eigenvalue weighted by Crippen LogP contribution is 2.25. The highest BCUT2D eigenvalue weighted by molar-refractivity contribution is 5.95. The molecule has 0 aliphatic carbocycles. The second-order valence-corrected chi connectivity index (χ2v) is 4.98. The summed E-state index contributed by atoms with van der Waals surface area (Å²) >= 11 is 0. The van der Waals surface area contributed by atoms with Crippen molar-refractivity contribution in [2.75, 3.05) is 11.9 Å². The Morgan fingerprint density at radius 3 is 2.39 bits per heavy atom. The van der Waals surface area contributed by atoms with Gasteiger partial charge in [-0.05, 0) is 24.6 Å². The number of carbonyl (C=O) groups excluding carboxylic acids is 1. The number of carbonyl (C=O) groups is 2. The lowest BCUT2D eigenvalue weighted by atomic mass is 9.95. The molecule has 0 bridgehead atoms. The van der Waals surface area contributed by atoms with Crippen LogP contribution in [0, 0.1) is 0 Å². The minimum atomic E-state index is -1.02. The molecule has 5 nitrogen and oxygen atoms in total. The molecular formula is C18H19NO4. The first kappa shape index (κ1) is 16.5. The fourth-order valence-electron chi connectivity index (χ4n) is 2.27. The quantitative estimate of drug-likeness (QED) is 0.822. The molecule has 0 saturated carbocycles. The van der Waals surface area contributed by atoms with E-state index in [-0.39, 0.29) is 12.3 Å². The van der Waals surface area contributed by atoms with Gasteiger partial charge in [-0.15, -0.1) is 0 Å². The van der Waals surface area contributed by atoms with Crippen LogP contribution in [-0.4, -0.2) is 23.6 Å². The highest BCUT2D eigenvalue weighted by atomic mass is 16.5. The van der Waals surface area contributed by atoms with Crippen LogP contribution in [0.4, 0.5) is 5.69 Å². The van der Waals surface area contributed by atoms with Gasteiger partial charge in [-0.3, -0.25) is 9.59 Å². The van der Waals surface area contributed by atoms with Crippen molar-refractivity contribution >= 4 is 17.6 Å². The van der Waals surface area contributed by atoms with Gasteiger partial charge in [-0.2, -0.15) is 0 Å². The van der Waals surface area contributed by atoms with Gasteiger partial charge in [0.2, 0.25) is 5.91 Å². The lowest BCUT2D eigenvalue weighted by molar-refractivity contribution is -0.140. The molecule has 1 atom stereocenters. The summed E-state index contributed by atoms with van der Waals surface area (Å²) < 4.78 is 5.44. The number of hydrogen-bond donors (Lipinski definition) is 2. The number of carboxylic acids is 1. The Labute approximate surface area is 134 Å². The second-order valence-electron chi connectivity index (χ2n) is 4.98. The van der Waals surface area contributed by atoms with E-state index in [1.165, 1.54) is 0 Å². The van der Waals surface area contributed by atoms with Crippen molar-refractivity contribution in [2.24, 2.45) is 0 Å². The first-order valence-corrected chi connectivity index (χ1v) is 7.41. The number of ether oxygens (including phenoxy) is 1. The maximum absolute atomic E-state index is 12.2. The molecule has 0 aliphatic heterocycles. The zero-order valence-corrected chi connectivity index (χ0v) is 12.9. The van der Waals surface area contributed by atoms with Gasteiger partial charge < -0.3 is 15.2 Å². The van der Waals surface area contributed by atoms with Crippen LogP contribution >= 0.6 is 0 Å². The van der Waals surface area contributed by atoms with E-state index in [4.69, 9.17) is 4.74 Å². The van der Waals surface area contributed by atoms with Crippen LogP contribution in [0.1, 0.15) is 24.8 Å². The summed E-state index contributed by atoms with van der Waals surface area (Å²) in [5.74, 6) is -1.71. The summed E-state index contributed by atoms with van der Waals surface area (Å²) in [5.41, 5.74) is 1.14. The van der Waals surface area contributed by atoms with Crippen molar-refractivity contribution in [3.63, 3.8) is 0 Å². The first-order valence-electron chi connectivity index (χ1n) is 7.41. The summed E-state index contributed by atoms with van der Waals surface area (Å²) in [6.07, 6.45) is -0.139. The number of hydrogen-bond acceptors (Lipinski definition) is 3. The van der Waals surface area contributed by atoms with Crippen LogP contribution in [0.5, 0.6) is 5.75 Å². The molecule has 0 aromatic heterocycles. The molecular weight excluding hydrogens is 294 g/mol. The predicted molar refractivity (Wildman–Crippen MR) is 87.7 cm³/mol. The summed E-state index contributed by atoms with van der Waals surface area (Å²) in [7, 11) is 0. The Morgan fingerprint density at radius 1 is 1.09 bits per heavy atom. The van der Waals surface area contributed by atoms with Crippen LogP contribution in [0.15, 0.2) is 54.6 Å². The van der Waals surface area contributed by atoms with E-state index in [9.17, 15) is 14.7 Å². The zero-order valence-electron chi connectivity index (χ0n) is 12.9. The second kappa shape index (κ2) is 7.98. The molecule has 2 N–H and O–H groups in total. The van der Waals surface area contributed by atoms with Gasteiger partial charge in [0.15, 0.2) is 0 Å². The van der Waals surface area contributed by atoms with Gasteiger partial charge in [-0.1, -0.05) is 42.5 Å². The Morgan fingerprint density at radius 2 is 1.74 bits per heavy atom. The van der Waals surface area contributed by atoms with Crippen molar-refractivity contribution < 1.29 is 19.4 Å². The maximum Gasteiger partial charge on any atom is 0.311 e. The average Bonchev–Trinajstić information content (AvgIpc) is 2.55. The molecule has 0 spiro atoms. The number of para-hydroxylation sites is 2. The number of anilines is 1. The molecule has 5 heteroatoms. The van der Waals surface area contributed by atoms with E-state index in [0.717, 1.165) is 0 Å². The van der Waals surface area contributed by atoms with E-state index in [1.807, 2.05) is 13.0 Å². The van der Waals surface area contributed by atoms with Crippen LogP contribution in [0.25, 0.3) is 0 Å². The number of amides is 1. The summed E-state index contributed by atoms with van der Waals surface area (Å²) in [4.78, 5) is 23.7. The van der Waals surface area contributed by atoms with Gasteiger partial charge in [-0.25, -0.2) is 0 Å². The predicted octanol–water partition coefficient (Wildman–Crippen LogP) is 3.28. The summed E-state index contributed by atoms with van der Waals surface area (Å²) in [6, 6.07) is 15.8. The number of benzene rings is 2. The van der Waals surface area contributed by atoms with Gasteiger partial charge in [0.05, 0.1) is 18.2 Å². The van der Waals surface area contributed by atoms with Gasteiger partial charge in [0.1, 0.15) is 5.75 Å². The van der Waals surface area contributed by atoms with E-state index >= 15 is 0 Å². The van der Waals surface area contributed by atoms with E-state index in [0.29, 0.717) is 23.6 Å². The molecule has 0 aliphatic rings. The van der Waals surface area contributed by atoms with Crippen LogP contribution < -0.4 is 10.1 Å². The Hall–Kier alpha value is -2.82. The minimum Gasteiger partial charge on any atom is -0.492 e. The molecule has 1 amide bonds. The Kier molecular flexibility index (Phi) is 5.74. The Balaban J connectivity index is 2.10. The third-order valence-corrected chi connectivity index (χ3v) is 3.35. The van der Waals surface area contributed by atoms with Crippen molar-refractivity contribution in [3.8, 4) is 5.75 Å². The van der Waals surface area contributed by atoms with E-state index < -0.39 is 11.9 Å². The molecule has 23 heavy (non-hydrogen) atoms. The smallest absolute Gasteiger partial charge is 0.311 e. The molecule has 2 aromatic carbocycles. The maximum atomic E-state index is 12.2. The lowest BCUT2D eigenvalue weighted by Gasteiger charge is -2.14. The normalized spacial score (nSPS) is 11.5. The summed E-state index contributed by atoms with van der Waals surface area (Å²) in [6.45, 7) is 2.34. The fourth-order valence-corrected chi connectivity index (χ4v) is 2.27. The number of carboxylic acid groups (broad SMARTS) is 1. The number of aliphatic carboxylic acids is 1. The number of rotatable bonds is 7. The molecule has 0 saturated heterocycles. The third kappa shape index (κ3) is 4.57. The monoisotopic (exact) mass is 313 g/mol. The Bertz CT molecular complexity index is 670. The molecule has 0 unspecified atom stereocenters. The average molecular weight is 313 g/mol. The summed E-state index contributed by atoms with van der Waals surface area (Å²) in [5, 5.41) is 12.1. The van der Waals surface area contributed by atoms with Crippen LogP contribution in [-0.2, 0) is 9.59 Å². The molecule has 2 rings (SSSR count). The minimum absolute atomic E-state index is 0.139. The SMILES string of the molecule is CCOc1ccccc1NC(=O)C[C@@H](C(=O)O)c1ccccc1. The van der Waals surface area contributed by atoms with Gasteiger partial charge in [0, 0.05) is 6.42 Å². The zero-order chi connectivity index (χ0) is 16.7. The highest BCUT2D eigenvalue weighted by Gasteiger charge is 2.23. The molecule has 120 valence electrons. The van der Waals surface area contributed by atoms with Gasteiger partial charge in [0.25, 0.3) is 0 Å². The van der Waals surface area contributed by atoms with Crippen molar-refractivity contribution in [1.29, 1.82) is 0 Å². The molecule has 0 heterocycles. The van der Waals surface area contributed by atoms with E-state index in [2.05, 4.69) is 5.32 Å². The van der Waals surface area contributed by atoms with Crippen molar-refractivity contribution in [1.82, 2.24) is 0 Å². The van der Waals surface area contributed by atoms with Crippen LogP contribution in [0.3, 0.4) is 0 Å².